The van der Waals surface area contributed by atoms with Crippen LogP contribution < -0.4 is 5.32 Å². The van der Waals surface area contributed by atoms with Crippen LogP contribution in [0.15, 0.2) is 6.58 Å². The Balaban J connectivity index is 4.48. The first-order valence-corrected chi connectivity index (χ1v) is 3.29. The maximum atomic E-state index is 11.0. The van der Waals surface area contributed by atoms with Crippen LogP contribution in [0, 0.1) is 5.21 Å². The van der Waals surface area contributed by atoms with Gasteiger partial charge in [-0.2, -0.15) is 0 Å². The molecule has 1 unspecified atom stereocenters. The second kappa shape index (κ2) is 3.40. The van der Waals surface area contributed by atoms with Gasteiger partial charge < -0.3 is 5.21 Å². The van der Waals surface area contributed by atoms with Crippen molar-refractivity contribution in [3.63, 3.8) is 0 Å². The molecule has 10 heavy (non-hydrogen) atoms. The highest BCUT2D eigenvalue weighted by Gasteiger charge is 2.27. The fourth-order valence-corrected chi connectivity index (χ4v) is 0.596. The minimum Gasteiger partial charge on any atom is -0.614 e. The van der Waals surface area contributed by atoms with Crippen LogP contribution in [0.5, 0.6) is 0 Å². The molecule has 58 valence electrons. The molecule has 0 aromatic heterocycles. The average Bonchev–Trinajstić information content (AvgIpc) is 2.01. The van der Waals surface area contributed by atoms with Crippen molar-refractivity contribution in [3.8, 4) is 0 Å². The van der Waals surface area contributed by atoms with E-state index in [2.05, 4.69) is 17.8 Å². The van der Waals surface area contributed by atoms with Gasteiger partial charge in [-0.15, -0.1) is 4.74 Å². The van der Waals surface area contributed by atoms with Crippen LogP contribution in [0.1, 0.15) is 20.3 Å². The number of rotatable bonds is 3. The summed E-state index contributed by atoms with van der Waals surface area (Å²) in [5, 5.41) is 13.9. The summed E-state index contributed by atoms with van der Waals surface area (Å²) in [7, 11) is 1.74. The van der Waals surface area contributed by atoms with E-state index in [1.807, 2.05) is 6.92 Å². The van der Waals surface area contributed by atoms with Crippen molar-refractivity contribution in [1.82, 2.24) is 5.32 Å². The van der Waals surface area contributed by atoms with E-state index in [0.717, 1.165) is 6.42 Å². The van der Waals surface area contributed by atoms with Crippen molar-refractivity contribution in [2.45, 2.75) is 25.9 Å². The highest BCUT2D eigenvalue weighted by molar-refractivity contribution is 5.40. The monoisotopic (exact) mass is 142 g/mol. The third-order valence-electron chi connectivity index (χ3n) is 1.82. The average molecular weight is 142 g/mol. The highest BCUT2D eigenvalue weighted by Crippen LogP contribution is 2.07. The summed E-state index contributed by atoms with van der Waals surface area (Å²) in [6, 6.07) is 0. The largest absolute Gasteiger partial charge is 0.614 e. The zero-order valence-electron chi connectivity index (χ0n) is 6.77. The Bertz CT molecular complexity index is 155. The van der Waals surface area contributed by atoms with Crippen molar-refractivity contribution in [1.29, 1.82) is 0 Å². The normalized spacial score (nSPS) is 15.5. The molecule has 3 nitrogen and oxygen atoms in total. The van der Waals surface area contributed by atoms with Crippen molar-refractivity contribution in [2.75, 3.05) is 7.05 Å². The van der Waals surface area contributed by atoms with Gasteiger partial charge in [-0.05, 0) is 7.05 Å². The second-order valence-electron chi connectivity index (χ2n) is 2.33. The van der Waals surface area contributed by atoms with Crippen LogP contribution in [0.25, 0.3) is 0 Å². The predicted molar refractivity (Wildman–Crippen MR) is 42.0 cm³/mol. The fourth-order valence-electron chi connectivity index (χ4n) is 0.596. The lowest BCUT2D eigenvalue weighted by Gasteiger charge is -2.23. The van der Waals surface area contributed by atoms with Crippen molar-refractivity contribution in [2.24, 2.45) is 0 Å². The fraction of sp³-hybridized carbons (Fsp3) is 0.714. The lowest BCUT2D eigenvalue weighted by Crippen LogP contribution is -2.47. The molecule has 0 saturated heterocycles. The van der Waals surface area contributed by atoms with E-state index >= 15 is 0 Å². The molecule has 0 fully saturated rings. The summed E-state index contributed by atoms with van der Waals surface area (Å²) in [5.41, 5.74) is -0.554. The molecule has 0 amide bonds. The van der Waals surface area contributed by atoms with Gasteiger partial charge in [0.25, 0.3) is 0 Å². The molecule has 0 spiro atoms. The Hall–Kier alpha value is -0.790. The molecular formula is C7H14N2O. The molecule has 0 aliphatic rings. The number of hydroxylamine groups is 1. The van der Waals surface area contributed by atoms with Crippen LogP contribution in [-0.4, -0.2) is 23.3 Å². The first kappa shape index (κ1) is 9.21. The lowest BCUT2D eigenvalue weighted by molar-refractivity contribution is -0.547. The quantitative estimate of drug-likeness (QED) is 0.207. The van der Waals surface area contributed by atoms with Crippen LogP contribution in [0.4, 0.5) is 0 Å². The van der Waals surface area contributed by atoms with Crippen LogP contribution >= 0.6 is 0 Å². The molecule has 0 aromatic carbocycles. The van der Waals surface area contributed by atoms with E-state index < -0.39 is 5.66 Å². The zero-order chi connectivity index (χ0) is 8.20. The molecule has 0 heterocycles. The van der Waals surface area contributed by atoms with E-state index in [1.54, 1.807) is 14.0 Å². The molecule has 0 rings (SSSR count). The molecule has 3 heteroatoms. The zero-order valence-corrected chi connectivity index (χ0v) is 6.77. The first-order valence-electron chi connectivity index (χ1n) is 3.29. The molecule has 0 saturated carbocycles. The summed E-state index contributed by atoms with van der Waals surface area (Å²) < 4.78 is 0.701. The van der Waals surface area contributed by atoms with Gasteiger partial charge in [-0.3, -0.25) is 5.32 Å². The van der Waals surface area contributed by atoms with Gasteiger partial charge in [0.1, 0.15) is 0 Å². The Labute approximate surface area is 61.6 Å². The van der Waals surface area contributed by atoms with Crippen molar-refractivity contribution in [3.05, 3.63) is 11.8 Å². The summed E-state index contributed by atoms with van der Waals surface area (Å²) in [4.78, 5) is 0. The standard InChI is InChI=1S/C7H14N2O/c1-5-7(3,8-4)9(10)6-2/h8H,2,5H2,1,3-4H3. The predicted octanol–water partition coefficient (Wildman–Crippen LogP) is 0.698. The van der Waals surface area contributed by atoms with Gasteiger partial charge in [0.15, 0.2) is 5.87 Å². The molecule has 0 radical (unpaired) electrons. The minimum atomic E-state index is -0.554. The van der Waals surface area contributed by atoms with Crippen molar-refractivity contribution < 1.29 is 4.74 Å². The van der Waals surface area contributed by atoms with Gasteiger partial charge in [-0.1, -0.05) is 6.92 Å². The summed E-state index contributed by atoms with van der Waals surface area (Å²) >= 11 is 0. The second-order valence-corrected chi connectivity index (χ2v) is 2.33. The maximum Gasteiger partial charge on any atom is 0.233 e. The summed E-state index contributed by atoms with van der Waals surface area (Å²) in [6.45, 7) is 7.00. The van der Waals surface area contributed by atoms with E-state index in [1.165, 1.54) is 0 Å². The molecule has 0 aromatic rings. The maximum absolute atomic E-state index is 11.0. The Morgan fingerprint density at radius 2 is 2.30 bits per heavy atom. The molecule has 1 atom stereocenters. The van der Waals surface area contributed by atoms with E-state index in [0.29, 0.717) is 4.74 Å². The summed E-state index contributed by atoms with van der Waals surface area (Å²) in [6.07, 6.45) is 0.718. The Kier molecular flexibility index (Phi) is 3.13. The number of nitrogens with zero attached hydrogens (tertiary/aromatic N) is 1. The van der Waals surface area contributed by atoms with E-state index in [4.69, 9.17) is 0 Å². The third-order valence-corrected chi connectivity index (χ3v) is 1.82. The lowest BCUT2D eigenvalue weighted by atomic mass is 10.1. The number of hydrogen-bond acceptors (Lipinski definition) is 2. The highest BCUT2D eigenvalue weighted by atomic mass is 16.5. The van der Waals surface area contributed by atoms with Gasteiger partial charge in [0, 0.05) is 19.9 Å². The molecule has 0 aliphatic heterocycles. The van der Waals surface area contributed by atoms with E-state index in [9.17, 15) is 5.21 Å². The molecule has 1 N–H and O–H groups in total. The molecular weight excluding hydrogens is 128 g/mol. The van der Waals surface area contributed by atoms with Gasteiger partial charge in [-0.25, -0.2) is 0 Å². The topological polar surface area (TPSA) is 38.1 Å². The molecule has 0 aliphatic carbocycles. The molecule has 0 bridgehead atoms. The van der Waals surface area contributed by atoms with Crippen LogP contribution in [0.3, 0.4) is 0 Å². The van der Waals surface area contributed by atoms with Crippen molar-refractivity contribution >= 4 is 5.87 Å². The summed E-state index contributed by atoms with van der Waals surface area (Å²) in [5.74, 6) is 2.27. The Morgan fingerprint density at radius 3 is 2.40 bits per heavy atom. The van der Waals surface area contributed by atoms with Gasteiger partial charge in [0.05, 0.1) is 0 Å². The minimum absolute atomic E-state index is 0.554. The third kappa shape index (κ3) is 1.59. The van der Waals surface area contributed by atoms with Crippen LogP contribution in [0.2, 0.25) is 0 Å². The number of hydrogen-bond donors (Lipinski definition) is 1. The number of nitrogens with one attached hydrogen (secondary N) is 1. The first-order chi connectivity index (χ1) is 4.60. The smallest absolute Gasteiger partial charge is 0.233 e. The van der Waals surface area contributed by atoms with Gasteiger partial charge in [0.2, 0.25) is 5.66 Å². The Morgan fingerprint density at radius 1 is 1.80 bits per heavy atom. The van der Waals surface area contributed by atoms with E-state index in [-0.39, 0.29) is 0 Å². The van der Waals surface area contributed by atoms with Crippen LogP contribution in [-0.2, 0) is 0 Å². The SMILES string of the molecule is C=C=[N+]([O-])C(C)(CC)NC. The van der Waals surface area contributed by atoms with Gasteiger partial charge >= 0.3 is 0 Å².